The molecule has 21 heavy (non-hydrogen) atoms. The molecule has 0 aromatic carbocycles. The number of ether oxygens (including phenoxy) is 1. The Kier molecular flexibility index (Phi) is 6.41. The van der Waals surface area contributed by atoms with Crippen LogP contribution in [0.25, 0.3) is 0 Å². The number of carboxylic acids is 1. The molecule has 0 bridgehead atoms. The number of hydrogen-bond acceptors (Lipinski definition) is 6. The van der Waals surface area contributed by atoms with E-state index in [-0.39, 0.29) is 23.2 Å². The Labute approximate surface area is 126 Å². The minimum absolute atomic E-state index is 0.211. The van der Waals surface area contributed by atoms with Crippen molar-refractivity contribution in [2.24, 2.45) is 11.8 Å². The van der Waals surface area contributed by atoms with Gasteiger partial charge in [0.1, 0.15) is 6.04 Å². The number of methoxy groups -OCH3 is 1. The third-order valence-corrected chi connectivity index (χ3v) is 4.16. The molecule has 0 aromatic rings. The normalized spacial score (nSPS) is 21.9. The van der Waals surface area contributed by atoms with Gasteiger partial charge >= 0.3 is 11.9 Å². The van der Waals surface area contributed by atoms with Gasteiger partial charge in [-0.2, -0.15) is 11.8 Å². The lowest BCUT2D eigenvalue weighted by molar-refractivity contribution is -0.144. The lowest BCUT2D eigenvalue weighted by atomic mass is 9.97. The van der Waals surface area contributed by atoms with Crippen LogP contribution in [0.1, 0.15) is 6.92 Å². The second-order valence-electron chi connectivity index (χ2n) is 4.55. The van der Waals surface area contributed by atoms with Crippen LogP contribution in [0.15, 0.2) is 12.2 Å². The first-order valence-corrected chi connectivity index (χ1v) is 7.39. The van der Waals surface area contributed by atoms with E-state index < -0.39 is 29.8 Å². The topological polar surface area (TPSA) is 110 Å². The maximum atomic E-state index is 11.6. The van der Waals surface area contributed by atoms with Crippen molar-refractivity contribution in [2.75, 3.05) is 18.6 Å². The monoisotopic (exact) mass is 315 g/mol. The Hall–Kier alpha value is -1.83. The first kappa shape index (κ1) is 17.2. The predicted octanol–water partition coefficient (Wildman–Crippen LogP) is -0.147. The van der Waals surface area contributed by atoms with Gasteiger partial charge in [-0.25, -0.2) is 4.79 Å². The van der Waals surface area contributed by atoms with Gasteiger partial charge in [0, 0.05) is 24.3 Å². The number of allylic oxidation sites excluding steroid dienone is 1. The van der Waals surface area contributed by atoms with Crippen LogP contribution in [0.4, 0.5) is 0 Å². The van der Waals surface area contributed by atoms with Gasteiger partial charge in [-0.1, -0.05) is 6.08 Å². The fourth-order valence-corrected chi connectivity index (χ4v) is 3.16. The summed E-state index contributed by atoms with van der Waals surface area (Å²) < 4.78 is 4.58. The summed E-state index contributed by atoms with van der Waals surface area (Å²) in [6, 6.07) is -0.815. The van der Waals surface area contributed by atoms with E-state index in [1.807, 2.05) is 0 Å². The van der Waals surface area contributed by atoms with E-state index in [4.69, 9.17) is 5.11 Å². The first-order valence-electron chi connectivity index (χ1n) is 6.24. The van der Waals surface area contributed by atoms with Gasteiger partial charge in [0.15, 0.2) is 5.78 Å². The van der Waals surface area contributed by atoms with Crippen LogP contribution in [0.2, 0.25) is 0 Å². The summed E-state index contributed by atoms with van der Waals surface area (Å²) >= 11 is 1.23. The summed E-state index contributed by atoms with van der Waals surface area (Å²) in [6.07, 6.45) is 2.65. The van der Waals surface area contributed by atoms with Crippen LogP contribution in [-0.2, 0) is 23.9 Å². The molecular weight excluding hydrogens is 298 g/mol. The van der Waals surface area contributed by atoms with E-state index in [0.29, 0.717) is 0 Å². The van der Waals surface area contributed by atoms with Crippen molar-refractivity contribution >= 4 is 35.4 Å². The second kappa shape index (κ2) is 7.82. The van der Waals surface area contributed by atoms with Gasteiger partial charge in [-0.3, -0.25) is 14.4 Å². The molecule has 7 nitrogen and oxygen atoms in total. The zero-order chi connectivity index (χ0) is 16.0. The Morgan fingerprint density at radius 2 is 2.14 bits per heavy atom. The van der Waals surface area contributed by atoms with Crippen molar-refractivity contribution in [3.05, 3.63) is 12.2 Å². The van der Waals surface area contributed by atoms with E-state index in [0.717, 1.165) is 0 Å². The lowest BCUT2D eigenvalue weighted by Gasteiger charge is -2.17. The van der Waals surface area contributed by atoms with Crippen LogP contribution in [0.5, 0.6) is 0 Å². The van der Waals surface area contributed by atoms with Crippen LogP contribution < -0.4 is 5.32 Å². The molecule has 1 aliphatic rings. The van der Waals surface area contributed by atoms with Gasteiger partial charge in [0.05, 0.1) is 13.0 Å². The molecule has 0 aliphatic heterocycles. The third kappa shape index (κ3) is 4.89. The van der Waals surface area contributed by atoms with E-state index >= 15 is 0 Å². The fourth-order valence-electron chi connectivity index (χ4n) is 1.94. The number of carbonyl (C=O) groups excluding carboxylic acids is 3. The molecule has 0 spiro atoms. The smallest absolute Gasteiger partial charge is 0.329 e. The van der Waals surface area contributed by atoms with E-state index in [1.165, 1.54) is 37.9 Å². The number of carbonyl (C=O) groups is 4. The molecule has 1 aliphatic carbocycles. The van der Waals surface area contributed by atoms with Crippen molar-refractivity contribution in [3.8, 4) is 0 Å². The summed E-state index contributed by atoms with van der Waals surface area (Å²) in [5.41, 5.74) is 0. The summed E-state index contributed by atoms with van der Waals surface area (Å²) in [4.78, 5) is 45.1. The first-order chi connectivity index (χ1) is 9.86. The van der Waals surface area contributed by atoms with E-state index in [9.17, 15) is 19.2 Å². The van der Waals surface area contributed by atoms with Gasteiger partial charge in [-0.15, -0.1) is 0 Å². The molecule has 116 valence electrons. The maximum Gasteiger partial charge on any atom is 0.329 e. The molecule has 0 aromatic heterocycles. The molecule has 0 radical (unpaired) electrons. The van der Waals surface area contributed by atoms with Gasteiger partial charge in [0.25, 0.3) is 0 Å². The highest BCUT2D eigenvalue weighted by Crippen LogP contribution is 2.26. The van der Waals surface area contributed by atoms with Crippen molar-refractivity contribution < 1.29 is 29.0 Å². The number of aliphatic carboxylic acids is 1. The molecule has 8 heteroatoms. The standard InChI is InChI=1S/C13H17NO6S/c1-7(15)14-10(13(19)20-2)6-21-5-9-8(12(17)18)3-4-11(9)16/h3-4,8-10H,5-6H2,1-2H3,(H,14,15)(H,17,18)/t8?,9?,10-/m0/s1. The second-order valence-corrected chi connectivity index (χ2v) is 5.62. The molecule has 3 atom stereocenters. The number of hydrogen-bond donors (Lipinski definition) is 2. The highest BCUT2D eigenvalue weighted by Gasteiger charge is 2.35. The van der Waals surface area contributed by atoms with Crippen molar-refractivity contribution in [1.29, 1.82) is 0 Å². The maximum absolute atomic E-state index is 11.6. The number of carboxylic acid groups (broad SMARTS) is 1. The largest absolute Gasteiger partial charge is 0.481 e. The van der Waals surface area contributed by atoms with Crippen LogP contribution >= 0.6 is 11.8 Å². The number of rotatable bonds is 7. The van der Waals surface area contributed by atoms with E-state index in [2.05, 4.69) is 10.1 Å². The molecule has 0 saturated heterocycles. The van der Waals surface area contributed by atoms with Crippen molar-refractivity contribution in [2.45, 2.75) is 13.0 Å². The number of nitrogens with one attached hydrogen (secondary N) is 1. The lowest BCUT2D eigenvalue weighted by Crippen LogP contribution is -2.42. The zero-order valence-corrected chi connectivity index (χ0v) is 12.5. The van der Waals surface area contributed by atoms with Crippen LogP contribution in [-0.4, -0.2) is 53.4 Å². The molecule has 0 fully saturated rings. The van der Waals surface area contributed by atoms with Crippen LogP contribution in [0.3, 0.4) is 0 Å². The fraction of sp³-hybridized carbons (Fsp3) is 0.538. The Balaban J connectivity index is 2.53. The highest BCUT2D eigenvalue weighted by atomic mass is 32.2. The summed E-state index contributed by atoms with van der Waals surface area (Å²) in [7, 11) is 1.21. The average molecular weight is 315 g/mol. The van der Waals surface area contributed by atoms with Gasteiger partial charge in [0.2, 0.25) is 5.91 Å². The number of amides is 1. The number of esters is 1. The van der Waals surface area contributed by atoms with Crippen molar-refractivity contribution in [1.82, 2.24) is 5.32 Å². The van der Waals surface area contributed by atoms with E-state index in [1.54, 1.807) is 0 Å². The summed E-state index contributed by atoms with van der Waals surface area (Å²) in [5.74, 6) is -3.22. The Morgan fingerprint density at radius 3 is 2.67 bits per heavy atom. The predicted molar refractivity (Wildman–Crippen MR) is 75.7 cm³/mol. The average Bonchev–Trinajstić information content (AvgIpc) is 2.78. The molecule has 1 amide bonds. The number of thioether (sulfide) groups is 1. The Bertz CT molecular complexity index is 475. The molecule has 1 rings (SSSR count). The van der Waals surface area contributed by atoms with Crippen molar-refractivity contribution in [3.63, 3.8) is 0 Å². The minimum atomic E-state index is -1.05. The third-order valence-electron chi connectivity index (χ3n) is 3.00. The van der Waals surface area contributed by atoms with Gasteiger partial charge < -0.3 is 15.2 Å². The molecule has 0 heterocycles. The summed E-state index contributed by atoms with van der Waals surface area (Å²) in [5, 5.41) is 11.5. The Morgan fingerprint density at radius 1 is 1.48 bits per heavy atom. The zero-order valence-electron chi connectivity index (χ0n) is 11.7. The quantitative estimate of drug-likeness (QED) is 0.629. The highest BCUT2D eigenvalue weighted by molar-refractivity contribution is 7.99. The molecular formula is C13H17NO6S. The summed E-state index contributed by atoms with van der Waals surface area (Å²) in [6.45, 7) is 1.28. The SMILES string of the molecule is COC(=O)[C@H](CSCC1C(=O)C=CC1C(=O)O)NC(C)=O. The minimum Gasteiger partial charge on any atom is -0.481 e. The number of ketones is 1. The van der Waals surface area contributed by atoms with Gasteiger partial charge in [-0.05, 0) is 6.08 Å². The molecule has 2 unspecified atom stereocenters. The van der Waals surface area contributed by atoms with Crippen LogP contribution in [0, 0.1) is 11.8 Å². The molecule has 2 N–H and O–H groups in total. The molecule has 0 saturated carbocycles.